The molecule has 0 spiro atoms. The molecule has 0 aliphatic rings. The summed E-state index contributed by atoms with van der Waals surface area (Å²) >= 11 is 0. The van der Waals surface area contributed by atoms with Crippen molar-refractivity contribution in [2.45, 2.75) is 53.0 Å². The zero-order chi connectivity index (χ0) is 12.7. The molecular formula is C16H27N. The van der Waals surface area contributed by atoms with E-state index < -0.39 is 0 Å². The maximum Gasteiger partial charge on any atom is 0.0325 e. The van der Waals surface area contributed by atoms with Gasteiger partial charge in [0, 0.05) is 6.04 Å². The second-order valence-electron chi connectivity index (χ2n) is 6.04. The molecule has 17 heavy (non-hydrogen) atoms. The van der Waals surface area contributed by atoms with E-state index in [4.69, 9.17) is 0 Å². The maximum atomic E-state index is 3.69. The second-order valence-corrected chi connectivity index (χ2v) is 6.04. The summed E-state index contributed by atoms with van der Waals surface area (Å²) in [5, 5.41) is 3.69. The van der Waals surface area contributed by atoms with Gasteiger partial charge in [-0.1, -0.05) is 64.4 Å². The Bertz CT molecular complexity index is 297. The lowest BCUT2D eigenvalue weighted by molar-refractivity contribution is 0.310. The van der Waals surface area contributed by atoms with Gasteiger partial charge in [0.15, 0.2) is 0 Å². The number of unbranched alkanes of at least 4 members (excludes halogenated alkanes) is 1. The molecule has 1 N–H and O–H groups in total. The minimum absolute atomic E-state index is 0.361. The smallest absolute Gasteiger partial charge is 0.0325 e. The number of benzene rings is 1. The third-order valence-electron chi connectivity index (χ3n) is 2.94. The van der Waals surface area contributed by atoms with Crippen molar-refractivity contribution < 1.29 is 0 Å². The highest BCUT2D eigenvalue weighted by Crippen LogP contribution is 2.29. The van der Waals surface area contributed by atoms with Gasteiger partial charge < -0.3 is 5.32 Å². The Hall–Kier alpha value is -0.820. The normalized spacial score (nSPS) is 13.6. The molecule has 0 radical (unpaired) electrons. The van der Waals surface area contributed by atoms with Gasteiger partial charge >= 0.3 is 0 Å². The molecule has 1 unspecified atom stereocenters. The van der Waals surface area contributed by atoms with Crippen LogP contribution in [0.4, 0.5) is 0 Å². The number of hydrogen-bond acceptors (Lipinski definition) is 1. The van der Waals surface area contributed by atoms with Crippen LogP contribution >= 0.6 is 0 Å². The lowest BCUT2D eigenvalue weighted by atomic mass is 9.85. The van der Waals surface area contributed by atoms with Gasteiger partial charge in [-0.15, -0.1) is 0 Å². The fraction of sp³-hybridized carbons (Fsp3) is 0.625. The Balaban J connectivity index is 2.65. The SMILES string of the molecule is CCCCNC(CC(C)(C)C)c1ccccc1. The van der Waals surface area contributed by atoms with Crippen LogP contribution in [0.2, 0.25) is 0 Å². The molecule has 0 fully saturated rings. The maximum absolute atomic E-state index is 3.69. The molecular weight excluding hydrogens is 206 g/mol. The topological polar surface area (TPSA) is 12.0 Å². The standard InChI is InChI=1S/C16H27N/c1-5-6-12-17-15(13-16(2,3)4)14-10-8-7-9-11-14/h7-11,15,17H,5-6,12-13H2,1-4H3. The van der Waals surface area contributed by atoms with E-state index in [9.17, 15) is 0 Å². The van der Waals surface area contributed by atoms with Crippen LogP contribution in [0.15, 0.2) is 30.3 Å². The van der Waals surface area contributed by atoms with Crippen molar-refractivity contribution in [3.8, 4) is 0 Å². The highest BCUT2D eigenvalue weighted by molar-refractivity contribution is 5.19. The Kier molecular flexibility index (Phi) is 5.70. The minimum Gasteiger partial charge on any atom is -0.310 e. The fourth-order valence-corrected chi connectivity index (χ4v) is 2.06. The second kappa shape index (κ2) is 6.80. The van der Waals surface area contributed by atoms with Crippen molar-refractivity contribution in [3.05, 3.63) is 35.9 Å². The van der Waals surface area contributed by atoms with Crippen LogP contribution in [0.3, 0.4) is 0 Å². The van der Waals surface area contributed by atoms with Gasteiger partial charge in [-0.3, -0.25) is 0 Å². The summed E-state index contributed by atoms with van der Waals surface area (Å²) in [6.07, 6.45) is 3.69. The first-order valence-corrected chi connectivity index (χ1v) is 6.81. The average Bonchev–Trinajstić information content (AvgIpc) is 2.28. The van der Waals surface area contributed by atoms with Crippen LogP contribution in [0, 0.1) is 5.41 Å². The number of nitrogens with one attached hydrogen (secondary N) is 1. The van der Waals surface area contributed by atoms with E-state index in [0.717, 1.165) is 6.54 Å². The van der Waals surface area contributed by atoms with Crippen molar-refractivity contribution in [3.63, 3.8) is 0 Å². The van der Waals surface area contributed by atoms with Crippen LogP contribution in [0.1, 0.15) is 58.6 Å². The summed E-state index contributed by atoms with van der Waals surface area (Å²) in [5.74, 6) is 0. The van der Waals surface area contributed by atoms with Crippen molar-refractivity contribution in [2.75, 3.05) is 6.54 Å². The third kappa shape index (κ3) is 5.88. The highest BCUT2D eigenvalue weighted by atomic mass is 14.9. The molecule has 96 valence electrons. The summed E-state index contributed by atoms with van der Waals surface area (Å²) in [6.45, 7) is 10.3. The summed E-state index contributed by atoms with van der Waals surface area (Å²) < 4.78 is 0. The molecule has 1 aromatic carbocycles. The molecule has 1 rings (SSSR count). The van der Waals surface area contributed by atoms with E-state index in [1.807, 2.05) is 0 Å². The fourth-order valence-electron chi connectivity index (χ4n) is 2.06. The van der Waals surface area contributed by atoms with Gasteiger partial charge in [-0.2, -0.15) is 0 Å². The molecule has 0 saturated heterocycles. The first kappa shape index (κ1) is 14.2. The lowest BCUT2D eigenvalue weighted by Gasteiger charge is -2.27. The summed E-state index contributed by atoms with van der Waals surface area (Å²) in [5.41, 5.74) is 1.78. The van der Waals surface area contributed by atoms with E-state index in [2.05, 4.69) is 63.3 Å². The van der Waals surface area contributed by atoms with Gasteiger partial charge in [0.05, 0.1) is 0 Å². The van der Waals surface area contributed by atoms with E-state index in [1.54, 1.807) is 0 Å². The van der Waals surface area contributed by atoms with Crippen molar-refractivity contribution in [1.29, 1.82) is 0 Å². The van der Waals surface area contributed by atoms with E-state index >= 15 is 0 Å². The molecule has 1 aromatic rings. The third-order valence-corrected chi connectivity index (χ3v) is 2.94. The average molecular weight is 233 g/mol. The Morgan fingerprint density at radius 3 is 2.29 bits per heavy atom. The monoisotopic (exact) mass is 233 g/mol. The first-order valence-electron chi connectivity index (χ1n) is 6.81. The summed E-state index contributed by atoms with van der Waals surface area (Å²) in [6, 6.07) is 11.3. The van der Waals surface area contributed by atoms with Gasteiger partial charge in [0.1, 0.15) is 0 Å². The molecule has 0 aromatic heterocycles. The van der Waals surface area contributed by atoms with Gasteiger partial charge in [0.2, 0.25) is 0 Å². The van der Waals surface area contributed by atoms with Gasteiger partial charge in [-0.05, 0) is 30.4 Å². The predicted molar refractivity (Wildman–Crippen MR) is 76.2 cm³/mol. The summed E-state index contributed by atoms with van der Waals surface area (Å²) in [4.78, 5) is 0. The molecule has 1 atom stereocenters. The Morgan fingerprint density at radius 2 is 1.76 bits per heavy atom. The van der Waals surface area contributed by atoms with Crippen LogP contribution in [-0.2, 0) is 0 Å². The predicted octanol–water partition coefficient (Wildman–Crippen LogP) is 4.55. The summed E-state index contributed by atoms with van der Waals surface area (Å²) in [7, 11) is 0. The number of rotatable bonds is 6. The molecule has 0 aliphatic carbocycles. The molecule has 0 aliphatic heterocycles. The van der Waals surface area contributed by atoms with Crippen LogP contribution in [-0.4, -0.2) is 6.54 Å². The first-order chi connectivity index (χ1) is 8.03. The molecule has 0 saturated carbocycles. The Labute approximate surface area is 107 Å². The minimum atomic E-state index is 0.361. The van der Waals surface area contributed by atoms with Crippen LogP contribution in [0.5, 0.6) is 0 Å². The lowest BCUT2D eigenvalue weighted by Crippen LogP contribution is -2.26. The molecule has 1 nitrogen and oxygen atoms in total. The van der Waals surface area contributed by atoms with Crippen LogP contribution in [0.25, 0.3) is 0 Å². The van der Waals surface area contributed by atoms with E-state index in [-0.39, 0.29) is 0 Å². The highest BCUT2D eigenvalue weighted by Gasteiger charge is 2.19. The van der Waals surface area contributed by atoms with E-state index in [0.29, 0.717) is 11.5 Å². The quantitative estimate of drug-likeness (QED) is 0.711. The molecule has 0 bridgehead atoms. The van der Waals surface area contributed by atoms with Crippen molar-refractivity contribution in [1.82, 2.24) is 5.32 Å². The van der Waals surface area contributed by atoms with Crippen LogP contribution < -0.4 is 5.32 Å². The molecule has 0 amide bonds. The zero-order valence-corrected chi connectivity index (χ0v) is 11.8. The van der Waals surface area contributed by atoms with Gasteiger partial charge in [-0.25, -0.2) is 0 Å². The van der Waals surface area contributed by atoms with Crippen molar-refractivity contribution >= 4 is 0 Å². The molecule has 0 heterocycles. The largest absolute Gasteiger partial charge is 0.310 e. The number of hydrogen-bond donors (Lipinski definition) is 1. The molecule has 1 heteroatoms. The van der Waals surface area contributed by atoms with Crippen molar-refractivity contribution in [2.24, 2.45) is 5.41 Å². The Morgan fingerprint density at radius 1 is 1.12 bits per heavy atom. The van der Waals surface area contributed by atoms with Gasteiger partial charge in [0.25, 0.3) is 0 Å². The van der Waals surface area contributed by atoms with E-state index in [1.165, 1.54) is 24.8 Å². The zero-order valence-electron chi connectivity index (χ0n) is 11.8.